The molecule has 2 aromatic carbocycles. The van der Waals surface area contributed by atoms with Crippen LogP contribution in [-0.4, -0.2) is 24.5 Å². The van der Waals surface area contributed by atoms with Gasteiger partial charge in [0.25, 0.3) is 11.6 Å². The lowest BCUT2D eigenvalue weighted by molar-refractivity contribution is -0.385. The number of anilines is 1. The number of methoxy groups -OCH3 is 1. The molecule has 0 bridgehead atoms. The highest BCUT2D eigenvalue weighted by molar-refractivity contribution is 8.04. The molecule has 0 saturated carbocycles. The highest BCUT2D eigenvalue weighted by Crippen LogP contribution is 2.42. The molecule has 0 saturated heterocycles. The van der Waals surface area contributed by atoms with Crippen molar-refractivity contribution in [2.45, 2.75) is 4.90 Å². The first-order chi connectivity index (χ1) is 13.0. The number of carbonyl (C=O) groups excluding carboxylic acids is 1. The zero-order valence-electron chi connectivity index (χ0n) is 14.4. The van der Waals surface area contributed by atoms with Gasteiger partial charge in [0.1, 0.15) is 6.61 Å². The number of nitro benzene ring substituents is 1. The van der Waals surface area contributed by atoms with Crippen molar-refractivity contribution in [2.75, 3.05) is 19.0 Å². The third-order valence-electron chi connectivity index (χ3n) is 3.71. The predicted octanol–water partition coefficient (Wildman–Crippen LogP) is 4.25. The summed E-state index contributed by atoms with van der Waals surface area (Å²) in [6.45, 7) is 3.79. The van der Waals surface area contributed by atoms with E-state index in [-0.39, 0.29) is 24.0 Å². The maximum Gasteiger partial charge on any atom is 0.274 e. The first-order valence-corrected chi connectivity index (χ1v) is 8.75. The van der Waals surface area contributed by atoms with Crippen molar-refractivity contribution in [3.8, 4) is 11.5 Å². The van der Waals surface area contributed by atoms with Crippen LogP contribution in [0.4, 0.5) is 11.4 Å². The highest BCUT2D eigenvalue weighted by Gasteiger charge is 2.23. The third kappa shape index (κ3) is 3.95. The minimum Gasteiger partial charge on any atom is -0.493 e. The van der Waals surface area contributed by atoms with Crippen LogP contribution in [0.2, 0.25) is 0 Å². The molecule has 0 spiro atoms. The van der Waals surface area contributed by atoms with Gasteiger partial charge >= 0.3 is 0 Å². The number of nitro groups is 1. The van der Waals surface area contributed by atoms with Gasteiger partial charge in [0.2, 0.25) is 0 Å². The second kappa shape index (κ2) is 7.96. The maximum absolute atomic E-state index is 12.4. The van der Waals surface area contributed by atoms with Crippen LogP contribution in [0.15, 0.2) is 58.9 Å². The van der Waals surface area contributed by atoms with E-state index in [0.717, 1.165) is 10.6 Å². The third-order valence-corrected chi connectivity index (χ3v) is 4.81. The Balaban J connectivity index is 2.10. The molecule has 0 aromatic heterocycles. The molecule has 2 aromatic rings. The van der Waals surface area contributed by atoms with Gasteiger partial charge in [-0.1, -0.05) is 36.5 Å². The first-order valence-electron chi connectivity index (χ1n) is 7.93. The highest BCUT2D eigenvalue weighted by atomic mass is 32.2. The SMILES string of the molecule is C=CCOc1c(/C=C2/Sc3ccccc3NC2=O)cc([N+](=O)[O-])cc1OC. The van der Waals surface area contributed by atoms with Crippen molar-refractivity contribution in [2.24, 2.45) is 0 Å². The zero-order chi connectivity index (χ0) is 19.4. The number of para-hydroxylation sites is 1. The van der Waals surface area contributed by atoms with E-state index >= 15 is 0 Å². The number of ether oxygens (including phenoxy) is 2. The molecule has 8 heteroatoms. The standard InChI is InChI=1S/C19H16N2O5S/c1-3-8-26-18-12(9-13(21(23)24)11-15(18)25-2)10-17-19(22)20-14-6-4-5-7-16(14)27-17/h3-7,9-11H,1,8H2,2H3,(H,20,22)/b17-10+. The number of non-ortho nitro benzene ring substituents is 1. The Morgan fingerprint density at radius 3 is 2.81 bits per heavy atom. The van der Waals surface area contributed by atoms with Crippen molar-refractivity contribution in [1.29, 1.82) is 0 Å². The Kier molecular flexibility index (Phi) is 5.46. The summed E-state index contributed by atoms with van der Waals surface area (Å²) >= 11 is 1.28. The fourth-order valence-electron chi connectivity index (χ4n) is 2.51. The van der Waals surface area contributed by atoms with E-state index in [1.807, 2.05) is 24.3 Å². The van der Waals surface area contributed by atoms with E-state index in [2.05, 4.69) is 11.9 Å². The number of rotatable bonds is 6. The number of fused-ring (bicyclic) bond motifs is 1. The molecule has 0 aliphatic carbocycles. The van der Waals surface area contributed by atoms with Gasteiger partial charge in [0, 0.05) is 16.5 Å². The number of amides is 1. The fourth-order valence-corrected chi connectivity index (χ4v) is 3.46. The molecule has 1 amide bonds. The van der Waals surface area contributed by atoms with E-state index in [1.54, 1.807) is 12.2 Å². The minimum atomic E-state index is -0.523. The van der Waals surface area contributed by atoms with E-state index in [1.165, 1.54) is 31.0 Å². The van der Waals surface area contributed by atoms with Crippen molar-refractivity contribution in [3.05, 3.63) is 69.6 Å². The minimum absolute atomic E-state index is 0.161. The van der Waals surface area contributed by atoms with E-state index in [0.29, 0.717) is 16.2 Å². The molecule has 138 valence electrons. The Morgan fingerprint density at radius 1 is 1.33 bits per heavy atom. The lowest BCUT2D eigenvalue weighted by Crippen LogP contribution is -2.17. The summed E-state index contributed by atoms with van der Waals surface area (Å²) < 4.78 is 10.9. The smallest absolute Gasteiger partial charge is 0.274 e. The second-order valence-corrected chi connectivity index (χ2v) is 6.57. The van der Waals surface area contributed by atoms with Gasteiger partial charge in [-0.3, -0.25) is 14.9 Å². The van der Waals surface area contributed by atoms with Crippen molar-refractivity contribution >= 4 is 35.1 Å². The van der Waals surface area contributed by atoms with Crippen molar-refractivity contribution < 1.29 is 19.2 Å². The van der Waals surface area contributed by atoms with Gasteiger partial charge in [0.15, 0.2) is 11.5 Å². The molecule has 0 fully saturated rings. The molecule has 0 radical (unpaired) electrons. The zero-order valence-corrected chi connectivity index (χ0v) is 15.2. The number of nitrogens with zero attached hydrogens (tertiary/aromatic N) is 1. The van der Waals surface area contributed by atoms with Crippen molar-refractivity contribution in [1.82, 2.24) is 0 Å². The van der Waals surface area contributed by atoms with Crippen LogP contribution in [0.1, 0.15) is 5.56 Å². The molecule has 1 N–H and O–H groups in total. The summed E-state index contributed by atoms with van der Waals surface area (Å²) in [4.78, 5) is 24.4. The first kappa shape index (κ1) is 18.5. The molecule has 0 unspecified atom stereocenters. The molecule has 27 heavy (non-hydrogen) atoms. The van der Waals surface area contributed by atoms with Crippen LogP contribution in [0, 0.1) is 10.1 Å². The number of benzene rings is 2. The van der Waals surface area contributed by atoms with Gasteiger partial charge < -0.3 is 14.8 Å². The normalized spacial score (nSPS) is 14.3. The van der Waals surface area contributed by atoms with Gasteiger partial charge in [-0.05, 0) is 18.2 Å². The topological polar surface area (TPSA) is 90.7 Å². The molecule has 7 nitrogen and oxygen atoms in total. The Bertz CT molecular complexity index is 955. The number of carbonyl (C=O) groups is 1. The summed E-state index contributed by atoms with van der Waals surface area (Å²) in [5.41, 5.74) is 0.940. The summed E-state index contributed by atoms with van der Waals surface area (Å²) in [6, 6.07) is 10.0. The number of thioether (sulfide) groups is 1. The molecule has 3 rings (SSSR count). The quantitative estimate of drug-likeness (QED) is 0.346. The molecule has 0 atom stereocenters. The van der Waals surface area contributed by atoms with Crippen LogP contribution < -0.4 is 14.8 Å². The van der Waals surface area contributed by atoms with Gasteiger partial charge in [-0.25, -0.2) is 0 Å². The van der Waals surface area contributed by atoms with Crippen LogP contribution >= 0.6 is 11.8 Å². The second-order valence-electron chi connectivity index (χ2n) is 5.48. The fraction of sp³-hybridized carbons (Fsp3) is 0.105. The van der Waals surface area contributed by atoms with Crippen LogP contribution in [0.5, 0.6) is 11.5 Å². The number of hydrogen-bond donors (Lipinski definition) is 1. The van der Waals surface area contributed by atoms with Gasteiger partial charge in [0.05, 0.1) is 28.7 Å². The Labute approximate surface area is 159 Å². The lowest BCUT2D eigenvalue weighted by Gasteiger charge is -2.19. The molecule has 1 aliphatic rings. The Morgan fingerprint density at radius 2 is 2.11 bits per heavy atom. The van der Waals surface area contributed by atoms with E-state index < -0.39 is 4.92 Å². The van der Waals surface area contributed by atoms with E-state index in [4.69, 9.17) is 9.47 Å². The van der Waals surface area contributed by atoms with Crippen LogP contribution in [0.25, 0.3) is 6.08 Å². The summed E-state index contributed by atoms with van der Waals surface area (Å²) in [5.74, 6) is 0.223. The van der Waals surface area contributed by atoms with Crippen molar-refractivity contribution in [3.63, 3.8) is 0 Å². The predicted molar refractivity (Wildman–Crippen MR) is 104 cm³/mol. The maximum atomic E-state index is 12.4. The average Bonchev–Trinajstić information content (AvgIpc) is 2.66. The molecular weight excluding hydrogens is 368 g/mol. The van der Waals surface area contributed by atoms with E-state index in [9.17, 15) is 14.9 Å². The Hall–Kier alpha value is -3.26. The lowest BCUT2D eigenvalue weighted by atomic mass is 10.1. The molecular formula is C19H16N2O5S. The van der Waals surface area contributed by atoms with Crippen LogP contribution in [0.3, 0.4) is 0 Å². The molecule has 1 heterocycles. The van der Waals surface area contributed by atoms with Gasteiger partial charge in [-0.15, -0.1) is 0 Å². The number of hydrogen-bond acceptors (Lipinski definition) is 6. The number of nitrogens with one attached hydrogen (secondary N) is 1. The summed E-state index contributed by atoms with van der Waals surface area (Å²) in [5, 5.41) is 14.1. The summed E-state index contributed by atoms with van der Waals surface area (Å²) in [7, 11) is 1.40. The van der Waals surface area contributed by atoms with Gasteiger partial charge in [-0.2, -0.15) is 0 Å². The summed E-state index contributed by atoms with van der Waals surface area (Å²) in [6.07, 6.45) is 3.11. The molecule has 1 aliphatic heterocycles. The largest absolute Gasteiger partial charge is 0.493 e. The van der Waals surface area contributed by atoms with Crippen LogP contribution in [-0.2, 0) is 4.79 Å². The monoisotopic (exact) mass is 384 g/mol. The average molecular weight is 384 g/mol.